The molecule has 1 aliphatic heterocycles. The van der Waals surface area contributed by atoms with E-state index >= 15 is 0 Å². The summed E-state index contributed by atoms with van der Waals surface area (Å²) in [5.74, 6) is -0.882. The fraction of sp³-hybridized carbons (Fsp3) is 0.571. The SMILES string of the molecule is CNCC1CCCCN1Cc1c(F)cccc1F. The van der Waals surface area contributed by atoms with Crippen LogP contribution in [0.15, 0.2) is 18.2 Å². The summed E-state index contributed by atoms with van der Waals surface area (Å²) >= 11 is 0. The highest BCUT2D eigenvalue weighted by Gasteiger charge is 2.23. The molecular formula is C14H20F2N2. The molecular weight excluding hydrogens is 234 g/mol. The number of piperidine rings is 1. The number of nitrogens with zero attached hydrogens (tertiary/aromatic N) is 1. The quantitative estimate of drug-likeness (QED) is 0.888. The maximum absolute atomic E-state index is 13.6. The van der Waals surface area contributed by atoms with Gasteiger partial charge in [0.2, 0.25) is 0 Å². The maximum Gasteiger partial charge on any atom is 0.130 e. The summed E-state index contributed by atoms with van der Waals surface area (Å²) in [7, 11) is 1.91. The highest BCUT2D eigenvalue weighted by Crippen LogP contribution is 2.21. The lowest BCUT2D eigenvalue weighted by Gasteiger charge is -2.35. The third-order valence-electron chi connectivity index (χ3n) is 3.61. The third-order valence-corrected chi connectivity index (χ3v) is 3.61. The van der Waals surface area contributed by atoms with E-state index in [1.54, 1.807) is 0 Å². The monoisotopic (exact) mass is 254 g/mol. The van der Waals surface area contributed by atoms with Gasteiger partial charge in [0.05, 0.1) is 0 Å². The molecule has 4 heteroatoms. The molecule has 100 valence electrons. The first-order valence-corrected chi connectivity index (χ1v) is 6.54. The number of hydrogen-bond donors (Lipinski definition) is 1. The van der Waals surface area contributed by atoms with Crippen molar-refractivity contribution in [3.63, 3.8) is 0 Å². The first-order valence-electron chi connectivity index (χ1n) is 6.54. The highest BCUT2D eigenvalue weighted by molar-refractivity contribution is 5.19. The Labute approximate surface area is 107 Å². The molecule has 18 heavy (non-hydrogen) atoms. The van der Waals surface area contributed by atoms with Gasteiger partial charge in [-0.05, 0) is 38.6 Å². The summed E-state index contributed by atoms with van der Waals surface area (Å²) in [6.45, 7) is 2.15. The van der Waals surface area contributed by atoms with Crippen molar-refractivity contribution in [2.45, 2.75) is 31.8 Å². The second kappa shape index (κ2) is 6.25. The van der Waals surface area contributed by atoms with E-state index in [-0.39, 0.29) is 5.56 Å². The number of likely N-dealkylation sites (N-methyl/N-ethyl adjacent to an activating group) is 1. The Bertz CT molecular complexity index is 373. The van der Waals surface area contributed by atoms with E-state index < -0.39 is 11.6 Å². The smallest absolute Gasteiger partial charge is 0.130 e. The number of hydrogen-bond acceptors (Lipinski definition) is 2. The van der Waals surface area contributed by atoms with E-state index in [0.717, 1.165) is 25.9 Å². The van der Waals surface area contributed by atoms with E-state index in [2.05, 4.69) is 10.2 Å². The summed E-state index contributed by atoms with van der Waals surface area (Å²) < 4.78 is 27.3. The number of likely N-dealkylation sites (tertiary alicyclic amines) is 1. The Morgan fingerprint density at radius 1 is 1.28 bits per heavy atom. The van der Waals surface area contributed by atoms with Gasteiger partial charge in [0.25, 0.3) is 0 Å². The van der Waals surface area contributed by atoms with Gasteiger partial charge < -0.3 is 5.32 Å². The van der Waals surface area contributed by atoms with Crippen molar-refractivity contribution in [1.82, 2.24) is 10.2 Å². The molecule has 1 aromatic carbocycles. The largest absolute Gasteiger partial charge is 0.318 e. The first-order chi connectivity index (χ1) is 8.72. The topological polar surface area (TPSA) is 15.3 Å². The second-order valence-corrected chi connectivity index (χ2v) is 4.88. The molecule has 1 N–H and O–H groups in total. The van der Waals surface area contributed by atoms with Crippen LogP contribution in [0.3, 0.4) is 0 Å². The fourth-order valence-corrected chi connectivity index (χ4v) is 2.62. The van der Waals surface area contributed by atoms with Crippen LogP contribution >= 0.6 is 0 Å². The fourth-order valence-electron chi connectivity index (χ4n) is 2.62. The van der Waals surface area contributed by atoms with Crippen molar-refractivity contribution < 1.29 is 8.78 Å². The minimum atomic E-state index is -0.441. The van der Waals surface area contributed by atoms with Crippen LogP contribution in [-0.2, 0) is 6.54 Å². The number of benzene rings is 1. The number of rotatable bonds is 4. The van der Waals surface area contributed by atoms with Gasteiger partial charge in [0.15, 0.2) is 0 Å². The average molecular weight is 254 g/mol. The lowest BCUT2D eigenvalue weighted by atomic mass is 10.0. The molecule has 0 radical (unpaired) electrons. The zero-order valence-electron chi connectivity index (χ0n) is 10.8. The van der Waals surface area contributed by atoms with Crippen LogP contribution in [0, 0.1) is 11.6 Å². The Hall–Kier alpha value is -1.00. The molecule has 0 bridgehead atoms. The van der Waals surface area contributed by atoms with Gasteiger partial charge in [0, 0.05) is 24.7 Å². The van der Waals surface area contributed by atoms with Crippen molar-refractivity contribution in [3.8, 4) is 0 Å². The summed E-state index contributed by atoms with van der Waals surface area (Å²) in [6.07, 6.45) is 3.40. The predicted octanol–water partition coefficient (Wildman–Crippen LogP) is 2.54. The number of halogens is 2. The van der Waals surface area contributed by atoms with Gasteiger partial charge >= 0.3 is 0 Å². The van der Waals surface area contributed by atoms with Crippen molar-refractivity contribution >= 4 is 0 Å². The van der Waals surface area contributed by atoms with Crippen molar-refractivity contribution in [3.05, 3.63) is 35.4 Å². The van der Waals surface area contributed by atoms with Crippen LogP contribution in [-0.4, -0.2) is 31.1 Å². The molecule has 1 heterocycles. The van der Waals surface area contributed by atoms with Crippen LogP contribution in [0.2, 0.25) is 0 Å². The summed E-state index contributed by atoms with van der Waals surface area (Å²) in [6, 6.07) is 4.45. The molecule has 2 rings (SSSR count). The lowest BCUT2D eigenvalue weighted by Crippen LogP contribution is -2.44. The molecule has 0 aliphatic carbocycles. The normalized spacial score (nSPS) is 21.2. The summed E-state index contributed by atoms with van der Waals surface area (Å²) in [4.78, 5) is 2.18. The molecule has 0 saturated carbocycles. The molecule has 0 spiro atoms. The van der Waals surface area contributed by atoms with Crippen molar-refractivity contribution in [1.29, 1.82) is 0 Å². The maximum atomic E-state index is 13.6. The van der Waals surface area contributed by atoms with Crippen LogP contribution in [0.4, 0.5) is 8.78 Å². The van der Waals surface area contributed by atoms with E-state index in [1.807, 2.05) is 7.05 Å². The third kappa shape index (κ3) is 3.06. The first kappa shape index (κ1) is 13.4. The Morgan fingerprint density at radius 3 is 2.67 bits per heavy atom. The van der Waals surface area contributed by atoms with Gasteiger partial charge in [-0.3, -0.25) is 4.90 Å². The van der Waals surface area contributed by atoms with E-state index in [4.69, 9.17) is 0 Å². The second-order valence-electron chi connectivity index (χ2n) is 4.88. The Kier molecular flexibility index (Phi) is 4.66. The van der Waals surface area contributed by atoms with Gasteiger partial charge in [-0.1, -0.05) is 12.5 Å². The van der Waals surface area contributed by atoms with Gasteiger partial charge in [-0.15, -0.1) is 0 Å². The minimum Gasteiger partial charge on any atom is -0.318 e. The molecule has 1 fully saturated rings. The van der Waals surface area contributed by atoms with Gasteiger partial charge in [-0.25, -0.2) is 8.78 Å². The molecule has 1 saturated heterocycles. The van der Waals surface area contributed by atoms with E-state index in [9.17, 15) is 8.78 Å². The highest BCUT2D eigenvalue weighted by atomic mass is 19.1. The standard InChI is InChI=1S/C14H20F2N2/c1-17-9-11-5-2-3-8-18(11)10-12-13(15)6-4-7-14(12)16/h4,6-7,11,17H,2-3,5,8-10H2,1H3. The molecule has 0 amide bonds. The van der Waals surface area contributed by atoms with Gasteiger partial charge in [0.1, 0.15) is 11.6 Å². The molecule has 1 atom stereocenters. The molecule has 1 aromatic rings. The predicted molar refractivity (Wildman–Crippen MR) is 68.3 cm³/mol. The van der Waals surface area contributed by atoms with Crippen molar-refractivity contribution in [2.24, 2.45) is 0 Å². The molecule has 1 aliphatic rings. The molecule has 1 unspecified atom stereocenters. The average Bonchev–Trinajstić information content (AvgIpc) is 2.36. The summed E-state index contributed by atoms with van der Waals surface area (Å²) in [5.41, 5.74) is 0.195. The molecule has 0 aromatic heterocycles. The number of nitrogens with one attached hydrogen (secondary N) is 1. The van der Waals surface area contributed by atoms with Crippen LogP contribution < -0.4 is 5.32 Å². The molecule has 2 nitrogen and oxygen atoms in total. The zero-order chi connectivity index (χ0) is 13.0. The van der Waals surface area contributed by atoms with Crippen LogP contribution in [0.25, 0.3) is 0 Å². The minimum absolute atomic E-state index is 0.195. The van der Waals surface area contributed by atoms with Crippen LogP contribution in [0.1, 0.15) is 24.8 Å². The summed E-state index contributed by atoms with van der Waals surface area (Å²) in [5, 5.41) is 3.15. The van der Waals surface area contributed by atoms with Crippen molar-refractivity contribution in [2.75, 3.05) is 20.1 Å². The Morgan fingerprint density at radius 2 is 2.00 bits per heavy atom. The van der Waals surface area contributed by atoms with Crippen LogP contribution in [0.5, 0.6) is 0 Å². The van der Waals surface area contributed by atoms with E-state index in [0.29, 0.717) is 12.6 Å². The zero-order valence-corrected chi connectivity index (χ0v) is 10.8. The Balaban J connectivity index is 2.11. The lowest BCUT2D eigenvalue weighted by molar-refractivity contribution is 0.136. The van der Waals surface area contributed by atoms with E-state index in [1.165, 1.54) is 24.6 Å². The van der Waals surface area contributed by atoms with Gasteiger partial charge in [-0.2, -0.15) is 0 Å².